The molecule has 3 fully saturated rings. The van der Waals surface area contributed by atoms with Crippen molar-refractivity contribution in [2.24, 2.45) is 11.8 Å². The van der Waals surface area contributed by atoms with Crippen molar-refractivity contribution in [3.05, 3.63) is 61.2 Å². The molecule has 40 heavy (non-hydrogen) atoms. The summed E-state index contributed by atoms with van der Waals surface area (Å²) in [5.41, 5.74) is 0.965. The van der Waals surface area contributed by atoms with Crippen molar-refractivity contribution in [3.8, 4) is 0 Å². The third-order valence-electron chi connectivity index (χ3n) is 8.43. The van der Waals surface area contributed by atoms with Gasteiger partial charge >= 0.3 is 5.97 Å². The number of likely N-dealkylation sites (tertiary alicyclic amines) is 1. The predicted octanol–water partition coefficient (Wildman–Crippen LogP) is 4.38. The number of carbonyl (C=O) groups is 3. The van der Waals surface area contributed by atoms with Gasteiger partial charge in [0, 0.05) is 22.7 Å². The molecule has 2 amide bonds. The fourth-order valence-corrected chi connectivity index (χ4v) is 10.2. The average molecular weight is 634 g/mol. The molecule has 3 aliphatic rings. The minimum Gasteiger partial charge on any atom is -0.465 e. The van der Waals surface area contributed by atoms with Crippen molar-refractivity contribution in [2.45, 2.75) is 78.9 Å². The molecule has 3 unspecified atom stereocenters. The number of carbonyl (C=O) groups excluding carboxylic acids is 3. The number of allylic oxidation sites excluding steroid dienone is 1. The van der Waals surface area contributed by atoms with Crippen LogP contribution in [0.1, 0.15) is 45.1 Å². The number of nitrogens with zero attached hydrogens (tertiary/aromatic N) is 2. The Kier molecular flexibility index (Phi) is 10.2. The van der Waals surface area contributed by atoms with Gasteiger partial charge in [-0.3, -0.25) is 14.4 Å². The van der Waals surface area contributed by atoms with E-state index in [1.807, 2.05) is 50.3 Å². The Labute approximate surface area is 250 Å². The van der Waals surface area contributed by atoms with E-state index in [1.165, 1.54) is 0 Å². The maximum absolute atomic E-state index is 14.4. The van der Waals surface area contributed by atoms with Gasteiger partial charge in [0.2, 0.25) is 11.8 Å². The summed E-state index contributed by atoms with van der Waals surface area (Å²) in [6.45, 7) is 11.8. The molecule has 9 heteroatoms. The lowest BCUT2D eigenvalue weighted by Gasteiger charge is -2.41. The number of benzene rings is 1. The van der Waals surface area contributed by atoms with E-state index < -0.39 is 28.7 Å². The van der Waals surface area contributed by atoms with Crippen molar-refractivity contribution in [3.63, 3.8) is 0 Å². The van der Waals surface area contributed by atoms with Crippen LogP contribution in [0.25, 0.3) is 0 Å². The first-order valence-corrected chi connectivity index (χ1v) is 16.0. The van der Waals surface area contributed by atoms with Crippen LogP contribution in [0, 0.1) is 11.8 Å². The van der Waals surface area contributed by atoms with Crippen molar-refractivity contribution in [1.29, 1.82) is 0 Å². The maximum atomic E-state index is 14.4. The third-order valence-corrected chi connectivity index (χ3v) is 11.7. The van der Waals surface area contributed by atoms with Crippen LogP contribution in [0.2, 0.25) is 0 Å². The molecule has 1 spiro atoms. The fraction of sp³-hybridized carbons (Fsp3) is 0.581. The first-order valence-electron chi connectivity index (χ1n) is 14.2. The highest BCUT2D eigenvalue weighted by atomic mass is 79.9. The average Bonchev–Trinajstić information content (AvgIpc) is 3.53. The number of ether oxygens (including phenoxy) is 1. The lowest BCUT2D eigenvalue weighted by atomic mass is 9.71. The summed E-state index contributed by atoms with van der Waals surface area (Å²) in [4.78, 5) is 45.8. The molecule has 0 aliphatic carbocycles. The van der Waals surface area contributed by atoms with Gasteiger partial charge in [-0.1, -0.05) is 58.4 Å². The van der Waals surface area contributed by atoms with Gasteiger partial charge in [0.1, 0.15) is 6.04 Å². The number of alkyl halides is 1. The summed E-state index contributed by atoms with van der Waals surface area (Å²) in [6.07, 6.45) is 6.99. The molecular weight excluding hydrogens is 592 g/mol. The molecule has 0 saturated carbocycles. The number of esters is 1. The number of aliphatic hydroxyl groups excluding tert-OH is 1. The standard InChI is InChI=1S/C31H41BrN2O5S/c1-5-7-8-12-16-39-30(38)24-25-28(36)34(22(19-35)17-21-13-10-9-11-14-21)27(29(37)33(15-6-2)20(3)4)31(25)18-23(32)26(24)40-31/h5-6,9-11,13-14,20,22-27,35H,1-2,7-8,12,15-19H2,3-4H3/t22-,23?,24-,25+,26-,27?,31?/m1/s1. The summed E-state index contributed by atoms with van der Waals surface area (Å²) >= 11 is 5.39. The molecule has 7 atom stereocenters. The monoisotopic (exact) mass is 632 g/mol. The Hall–Kier alpha value is -2.10. The number of hydrogen-bond donors (Lipinski definition) is 1. The highest BCUT2D eigenvalue weighted by Crippen LogP contribution is 2.68. The zero-order valence-electron chi connectivity index (χ0n) is 23.4. The normalized spacial score (nSPS) is 29.4. The number of unbranched alkanes of at least 4 members (excludes halogenated alkanes) is 2. The number of fused-ring (bicyclic) bond motifs is 1. The van der Waals surface area contributed by atoms with Crippen LogP contribution in [-0.2, 0) is 25.5 Å². The second-order valence-corrected chi connectivity index (χ2v) is 14.0. The molecule has 7 nitrogen and oxygen atoms in total. The lowest BCUT2D eigenvalue weighted by Crippen LogP contribution is -2.59. The van der Waals surface area contributed by atoms with Gasteiger partial charge in [-0.15, -0.1) is 24.9 Å². The fourth-order valence-electron chi connectivity index (χ4n) is 6.66. The molecule has 3 saturated heterocycles. The van der Waals surface area contributed by atoms with Gasteiger partial charge in [0.05, 0.1) is 35.8 Å². The molecule has 1 aromatic carbocycles. The van der Waals surface area contributed by atoms with Crippen molar-refractivity contribution in [1.82, 2.24) is 9.80 Å². The van der Waals surface area contributed by atoms with E-state index in [-0.39, 0.29) is 40.5 Å². The Morgan fingerprint density at radius 1 is 1.25 bits per heavy atom. The number of rotatable bonds is 14. The largest absolute Gasteiger partial charge is 0.465 e. The SMILES string of the molecule is C=CCCCCOC(=O)[C@H]1[C@@H]2SC3(CC2Br)C(C(=O)N(CC=C)C(C)C)N([C@@H](CO)Cc2ccccc2)C(=O)[C@H]13. The summed E-state index contributed by atoms with van der Waals surface area (Å²) < 4.78 is 4.93. The molecule has 1 N–H and O–H groups in total. The van der Waals surface area contributed by atoms with Crippen LogP contribution in [0.15, 0.2) is 55.6 Å². The van der Waals surface area contributed by atoms with E-state index in [0.717, 1.165) is 24.8 Å². The smallest absolute Gasteiger partial charge is 0.310 e. The van der Waals surface area contributed by atoms with E-state index in [0.29, 0.717) is 26.0 Å². The van der Waals surface area contributed by atoms with Crippen LogP contribution in [0.3, 0.4) is 0 Å². The Morgan fingerprint density at radius 3 is 2.60 bits per heavy atom. The van der Waals surface area contributed by atoms with Gasteiger partial charge in [-0.05, 0) is 51.5 Å². The minimum absolute atomic E-state index is 0.0382. The molecule has 1 aromatic rings. The zero-order chi connectivity index (χ0) is 29.0. The van der Waals surface area contributed by atoms with Crippen molar-refractivity contribution < 1.29 is 24.2 Å². The van der Waals surface area contributed by atoms with Gasteiger partial charge in [-0.2, -0.15) is 0 Å². The second kappa shape index (κ2) is 13.3. The van der Waals surface area contributed by atoms with Gasteiger partial charge in [0.15, 0.2) is 0 Å². The van der Waals surface area contributed by atoms with Crippen LogP contribution in [-0.4, -0.2) is 85.4 Å². The van der Waals surface area contributed by atoms with E-state index in [9.17, 15) is 19.5 Å². The van der Waals surface area contributed by atoms with Gasteiger partial charge in [-0.25, -0.2) is 0 Å². The van der Waals surface area contributed by atoms with Crippen LogP contribution >= 0.6 is 27.7 Å². The summed E-state index contributed by atoms with van der Waals surface area (Å²) in [7, 11) is 0. The minimum atomic E-state index is -0.811. The molecule has 218 valence electrons. The van der Waals surface area contributed by atoms with Crippen LogP contribution < -0.4 is 0 Å². The third kappa shape index (κ3) is 5.66. The molecule has 0 aromatic heterocycles. The van der Waals surface area contributed by atoms with Gasteiger partial charge in [0.25, 0.3) is 0 Å². The van der Waals surface area contributed by atoms with Crippen LogP contribution in [0.4, 0.5) is 0 Å². The first-order chi connectivity index (χ1) is 19.2. The molecule has 0 radical (unpaired) electrons. The summed E-state index contributed by atoms with van der Waals surface area (Å²) in [5, 5.41) is 10.4. The van der Waals surface area contributed by atoms with E-state index in [2.05, 4.69) is 29.1 Å². The molecular formula is C31H41BrN2O5S. The quantitative estimate of drug-likeness (QED) is 0.142. The van der Waals surface area contributed by atoms with Crippen molar-refractivity contribution in [2.75, 3.05) is 19.8 Å². The van der Waals surface area contributed by atoms with E-state index in [4.69, 9.17) is 4.74 Å². The number of amides is 2. The van der Waals surface area contributed by atoms with E-state index >= 15 is 0 Å². The lowest BCUT2D eigenvalue weighted by molar-refractivity contribution is -0.154. The molecule has 4 rings (SSSR count). The highest BCUT2D eigenvalue weighted by molar-refractivity contribution is 9.09. The maximum Gasteiger partial charge on any atom is 0.310 e. The highest BCUT2D eigenvalue weighted by Gasteiger charge is 2.76. The van der Waals surface area contributed by atoms with Crippen molar-refractivity contribution >= 4 is 45.5 Å². The number of aliphatic hydroxyl groups is 1. The Bertz CT molecular complexity index is 1100. The number of hydrogen-bond acceptors (Lipinski definition) is 6. The summed E-state index contributed by atoms with van der Waals surface area (Å²) in [6, 6.07) is 8.15. The molecule has 2 bridgehead atoms. The second-order valence-electron chi connectivity index (χ2n) is 11.3. The Morgan fingerprint density at radius 2 is 1.98 bits per heavy atom. The molecule has 3 heterocycles. The van der Waals surface area contributed by atoms with E-state index in [1.54, 1.807) is 27.6 Å². The Balaban J connectivity index is 1.72. The zero-order valence-corrected chi connectivity index (χ0v) is 25.8. The predicted molar refractivity (Wildman–Crippen MR) is 162 cm³/mol. The number of thioether (sulfide) groups is 1. The topological polar surface area (TPSA) is 87.2 Å². The van der Waals surface area contributed by atoms with Gasteiger partial charge < -0.3 is 19.6 Å². The first kappa shape index (κ1) is 30.8. The number of halogens is 1. The summed E-state index contributed by atoms with van der Waals surface area (Å²) in [5.74, 6) is -2.11. The molecule has 3 aliphatic heterocycles. The van der Waals surface area contributed by atoms with Crippen LogP contribution in [0.5, 0.6) is 0 Å².